The van der Waals surface area contributed by atoms with Crippen molar-refractivity contribution in [3.8, 4) is 28.3 Å². The van der Waals surface area contributed by atoms with Crippen molar-refractivity contribution in [1.82, 2.24) is 45.6 Å². The molecule has 0 aliphatic carbocycles. The predicted molar refractivity (Wildman–Crippen MR) is 557 cm³/mol. The number of carboxylic acid groups (broad SMARTS) is 2. The Morgan fingerprint density at radius 1 is 0.564 bits per heavy atom. The highest BCUT2D eigenvalue weighted by molar-refractivity contribution is 7.54. The van der Waals surface area contributed by atoms with Gasteiger partial charge < -0.3 is 117 Å². The number of nitrogens with zero attached hydrogens (tertiary/aromatic N) is 6. The zero-order chi connectivity index (χ0) is 107. The van der Waals surface area contributed by atoms with Crippen LogP contribution in [0.1, 0.15) is 225 Å². The highest BCUT2D eigenvalue weighted by atomic mass is 31.2. The van der Waals surface area contributed by atoms with Crippen molar-refractivity contribution in [3.63, 3.8) is 0 Å². The highest BCUT2D eigenvalue weighted by Gasteiger charge is 2.44. The molecule has 8 N–H and O–H groups in total. The van der Waals surface area contributed by atoms with Crippen LogP contribution in [0.2, 0.25) is 0 Å². The molecule has 3 fully saturated rings. The third-order valence-corrected chi connectivity index (χ3v) is 29.1. The van der Waals surface area contributed by atoms with Gasteiger partial charge in [-0.25, -0.2) is 28.3 Å². The van der Waals surface area contributed by atoms with Gasteiger partial charge >= 0.3 is 25.6 Å². The molecule has 828 valence electrons. The average molecular weight is 2110 g/mol. The molecule has 6 aromatic rings. The normalized spacial score (nSPS) is 14.5. The van der Waals surface area contributed by atoms with E-state index in [-0.39, 0.29) is 137 Å². The monoisotopic (exact) mass is 2110 g/mol. The second-order valence-electron chi connectivity index (χ2n) is 38.1. The molecule has 8 amide bonds. The number of ether oxygens (including phenoxy) is 13. The molecule has 3 aliphatic rings. The quantitative estimate of drug-likeness (QED) is 0.0130. The molecule has 9 rings (SSSR count). The van der Waals surface area contributed by atoms with E-state index in [1.807, 2.05) is 23.1 Å². The highest BCUT2D eigenvalue weighted by Crippen LogP contribution is 2.61. The zero-order valence-corrected chi connectivity index (χ0v) is 88.7. The van der Waals surface area contributed by atoms with Gasteiger partial charge in [-0.1, -0.05) is 121 Å². The van der Waals surface area contributed by atoms with Crippen molar-refractivity contribution in [3.05, 3.63) is 125 Å². The third-order valence-electron chi connectivity index (χ3n) is 26.9. The van der Waals surface area contributed by atoms with Crippen molar-refractivity contribution in [2.75, 3.05) is 241 Å². The Hall–Kier alpha value is -9.98. The molecule has 0 saturated carbocycles. The number of rotatable bonds is 80. The van der Waals surface area contributed by atoms with Gasteiger partial charge in [0.2, 0.25) is 23.6 Å². The maximum Gasteiger partial charge on any atom is 0.338 e. The number of imide groups is 1. The van der Waals surface area contributed by atoms with Crippen LogP contribution in [0.3, 0.4) is 0 Å². The minimum Gasteiger partial charge on any atom is -0.495 e. The summed E-state index contributed by atoms with van der Waals surface area (Å²) in [4.78, 5) is 145. The van der Waals surface area contributed by atoms with E-state index >= 15 is 8.78 Å². The molecular weight excluding hydrogens is 1950 g/mol. The number of aromatic amines is 1. The molecule has 2 atom stereocenters. The first kappa shape index (κ1) is 123. The molecule has 2 aromatic heterocycles. The van der Waals surface area contributed by atoms with Crippen LogP contribution in [-0.2, 0) is 106 Å². The number of benzene rings is 4. The number of urea groups is 1. The summed E-state index contributed by atoms with van der Waals surface area (Å²) in [5.74, 6) is -5.37. The fourth-order valence-electron chi connectivity index (χ4n) is 17.8. The number of fused-ring (bicyclic) bond motifs is 1. The summed E-state index contributed by atoms with van der Waals surface area (Å²) >= 11 is 0. The SMILES string of the molecule is CCCCCCCCCCCN(C(=O)CCCCCCCCCC(=O)O)C(CCC(=O)NCCOCCOCCOCCOCCOCCOCCOCCOCCOCCOCCOCCOCCC(=O)NCCOP(=O)(O)C(C)(C)c1ccc(C(=O)Nc2cc(F)cc(-c3ncnc4[nH]c(-c5ccc(CCN6CCC7(CC6)CCN(C(=O)c6ccc(OC)c(N8CCC(=O)NC8=O)c6)CC7)cc5)cc34)c2C)c(F)c1)C(=O)O. The van der Waals surface area contributed by atoms with Gasteiger partial charge in [0.25, 0.3) is 11.8 Å². The molecule has 149 heavy (non-hydrogen) atoms. The van der Waals surface area contributed by atoms with E-state index in [0.717, 1.165) is 126 Å². The van der Waals surface area contributed by atoms with Gasteiger partial charge in [-0.15, -0.1) is 0 Å². The number of unbranched alkanes of at least 4 members (excludes halogenated alkanes) is 14. The molecule has 5 heterocycles. The summed E-state index contributed by atoms with van der Waals surface area (Å²) in [5, 5.41) is 28.4. The molecule has 2 unspecified atom stereocenters. The van der Waals surface area contributed by atoms with E-state index in [9.17, 15) is 57.7 Å². The van der Waals surface area contributed by atoms with Gasteiger partial charge in [-0.05, 0) is 168 Å². The number of amides is 8. The molecule has 0 radical (unpaired) electrons. The Balaban J connectivity index is 0.514. The first-order valence-corrected chi connectivity index (χ1v) is 54.6. The van der Waals surface area contributed by atoms with Crippen LogP contribution in [0.5, 0.6) is 5.75 Å². The van der Waals surface area contributed by atoms with E-state index in [1.54, 1.807) is 25.1 Å². The third kappa shape index (κ3) is 44.0. The summed E-state index contributed by atoms with van der Waals surface area (Å²) in [5.41, 5.74) is 5.33. The Labute approximate surface area is 874 Å². The van der Waals surface area contributed by atoms with Crippen LogP contribution in [0.15, 0.2) is 85.2 Å². The number of methoxy groups -OCH3 is 1. The lowest BCUT2D eigenvalue weighted by molar-refractivity contribution is -0.151. The zero-order valence-electron chi connectivity index (χ0n) is 87.8. The number of carboxylic acids is 2. The van der Waals surface area contributed by atoms with Gasteiger partial charge in [-0.2, -0.15) is 0 Å². The molecule has 4 aromatic carbocycles. The number of piperidine rings is 2. The van der Waals surface area contributed by atoms with Crippen molar-refractivity contribution in [2.45, 2.75) is 212 Å². The number of carbonyl (C=O) groups excluding carboxylic acids is 7. The van der Waals surface area contributed by atoms with Gasteiger partial charge in [0, 0.05) is 106 Å². The molecular formula is C108H160F2N11O27P. The largest absolute Gasteiger partial charge is 0.495 e. The van der Waals surface area contributed by atoms with Crippen LogP contribution in [-0.4, -0.2) is 335 Å². The van der Waals surface area contributed by atoms with E-state index < -0.39 is 59.9 Å². The van der Waals surface area contributed by atoms with Crippen molar-refractivity contribution >= 4 is 83.4 Å². The minimum atomic E-state index is -4.55. The Bertz CT molecular complexity index is 5080. The maximum absolute atomic E-state index is 16.1. The van der Waals surface area contributed by atoms with Crippen molar-refractivity contribution in [1.29, 1.82) is 0 Å². The number of aromatic nitrogens is 3. The van der Waals surface area contributed by atoms with E-state index in [1.165, 1.54) is 93.0 Å². The Morgan fingerprint density at radius 3 is 1.60 bits per heavy atom. The minimum absolute atomic E-state index is 0.00723. The van der Waals surface area contributed by atoms with Crippen LogP contribution in [0, 0.1) is 24.0 Å². The first-order valence-electron chi connectivity index (χ1n) is 53.0. The molecule has 1 spiro atoms. The molecule has 3 saturated heterocycles. The molecule has 41 heteroatoms. The standard InChI is InChI=1S/C108H160F2N11O27P/c1-6-7-8-9-10-11-15-18-21-43-120(99(125)22-19-16-13-12-14-17-20-23-100(126)127)93(105(130)131)31-33-96(122)111-41-51-137-54-56-139-58-60-141-62-64-143-66-68-145-70-72-147-74-73-146-71-69-144-67-65-142-63-61-140-59-57-138-55-53-136-50-36-97(123)112-42-52-148-149(133,134)107(3,4)85-29-30-87(90(110)76-85)103(128)116-91-78-86(109)77-88(81(91)2)101-89-79-92(115-102(89)114-80-113-101)83-26-24-82(25-27-83)34-44-118-46-37-108(38-47-118)39-48-119(49-40-108)104(129)84-28-32-95(135-5)94(75-84)121-45-35-98(124)117-106(121)132/h24-30,32,75-80,93H,6-23,31,33-74H2,1-5H3,(H,111,122)(H,112,123)(H,116,128)(H,126,127)(H,130,131)(H,133,134)(H,113,114,115)(H,117,124,132). The van der Waals surface area contributed by atoms with Gasteiger partial charge in [-0.3, -0.25) is 48.3 Å². The van der Waals surface area contributed by atoms with Crippen LogP contribution in [0.25, 0.3) is 33.5 Å². The number of carbonyl (C=O) groups is 9. The lowest BCUT2D eigenvalue weighted by Gasteiger charge is -2.47. The van der Waals surface area contributed by atoms with Crippen LogP contribution >= 0.6 is 7.60 Å². The number of hydrogen-bond acceptors (Lipinski definition) is 27. The second kappa shape index (κ2) is 68.8. The predicted octanol–water partition coefficient (Wildman–Crippen LogP) is 14.6. The fraction of sp³-hybridized carbons (Fsp3) is 0.639. The number of nitrogens with one attached hydrogen (secondary N) is 5. The topological polar surface area (TPSA) is 463 Å². The van der Waals surface area contributed by atoms with E-state index in [2.05, 4.69) is 60.2 Å². The summed E-state index contributed by atoms with van der Waals surface area (Å²) in [7, 11) is -3.05. The summed E-state index contributed by atoms with van der Waals surface area (Å²) in [6, 6.07) is 19.6. The fourth-order valence-corrected chi connectivity index (χ4v) is 19.0. The van der Waals surface area contributed by atoms with E-state index in [0.29, 0.717) is 216 Å². The number of hydrogen-bond donors (Lipinski definition) is 8. The van der Waals surface area contributed by atoms with Gasteiger partial charge in [0.05, 0.1) is 194 Å². The number of likely N-dealkylation sites (tertiary alicyclic amines) is 2. The Morgan fingerprint density at radius 2 is 1.07 bits per heavy atom. The summed E-state index contributed by atoms with van der Waals surface area (Å²) in [6.45, 7) is 19.7. The maximum atomic E-state index is 16.1. The Kier molecular flexibility index (Phi) is 56.6. The summed E-state index contributed by atoms with van der Waals surface area (Å²) in [6.07, 6.45) is 22.4. The van der Waals surface area contributed by atoms with Gasteiger partial charge in [0.15, 0.2) is 0 Å². The van der Waals surface area contributed by atoms with Crippen LogP contribution < -0.4 is 30.9 Å². The van der Waals surface area contributed by atoms with Crippen LogP contribution in [0.4, 0.5) is 25.0 Å². The number of aliphatic carboxylic acids is 2. The van der Waals surface area contributed by atoms with Crippen molar-refractivity contribution in [2.24, 2.45) is 5.41 Å². The summed E-state index contributed by atoms with van der Waals surface area (Å²) < 4.78 is 123. The smallest absolute Gasteiger partial charge is 0.338 e. The van der Waals surface area contributed by atoms with Crippen molar-refractivity contribution < 1.29 is 138 Å². The average Bonchev–Trinajstić information content (AvgIpc) is 1.72. The second-order valence-corrected chi connectivity index (χ2v) is 40.5. The molecule has 38 nitrogen and oxygen atoms in total. The lowest BCUT2D eigenvalue weighted by atomic mass is 9.71. The number of halogens is 2. The lowest BCUT2D eigenvalue weighted by Crippen LogP contribution is -2.50. The number of anilines is 2. The first-order chi connectivity index (χ1) is 72.2. The molecule has 3 aliphatic heterocycles. The molecule has 0 bridgehead atoms. The van der Waals surface area contributed by atoms with E-state index in [4.69, 9.17) is 71.2 Å². The number of H-pyrrole nitrogens is 1. The van der Waals surface area contributed by atoms with Gasteiger partial charge in [0.1, 0.15) is 35.4 Å².